The molecule has 0 spiro atoms. The third-order valence-corrected chi connectivity index (χ3v) is 3.46. The summed E-state index contributed by atoms with van der Waals surface area (Å²) in [5, 5.41) is 14.3. The van der Waals surface area contributed by atoms with Crippen LogP contribution in [0.3, 0.4) is 0 Å². The van der Waals surface area contributed by atoms with Crippen LogP contribution in [0.2, 0.25) is 0 Å². The van der Waals surface area contributed by atoms with Gasteiger partial charge in [-0.1, -0.05) is 67.6 Å². The molecule has 0 aromatic heterocycles. The number of likely N-dealkylation sites (N-methyl/N-ethyl adjacent to an activating group) is 1. The lowest BCUT2D eigenvalue weighted by Crippen LogP contribution is -2.44. The van der Waals surface area contributed by atoms with Crippen LogP contribution in [-0.4, -0.2) is 23.8 Å². The Balaban J connectivity index is 2.12. The summed E-state index contributed by atoms with van der Waals surface area (Å²) < 4.78 is 0. The smallest absolute Gasteiger partial charge is 0.0851 e. The van der Waals surface area contributed by atoms with Gasteiger partial charge in [0.2, 0.25) is 0 Å². The zero-order valence-corrected chi connectivity index (χ0v) is 12.0. The minimum absolute atomic E-state index is 0.604. The molecular formula is C18H23NO. The van der Waals surface area contributed by atoms with Crippen LogP contribution in [0.4, 0.5) is 0 Å². The van der Waals surface area contributed by atoms with Crippen LogP contribution in [0.25, 0.3) is 0 Å². The van der Waals surface area contributed by atoms with Gasteiger partial charge in [0.25, 0.3) is 0 Å². The van der Waals surface area contributed by atoms with Crippen molar-refractivity contribution in [1.82, 2.24) is 5.32 Å². The zero-order chi connectivity index (χ0) is 14.3. The molecule has 2 heteroatoms. The van der Waals surface area contributed by atoms with Crippen LogP contribution in [0, 0.1) is 0 Å². The highest BCUT2D eigenvalue weighted by Gasteiger charge is 2.27. The van der Waals surface area contributed by atoms with Gasteiger partial charge in [0, 0.05) is 19.4 Å². The van der Waals surface area contributed by atoms with E-state index in [1.165, 1.54) is 11.1 Å². The normalized spacial score (nSPS) is 11.5. The molecule has 0 bridgehead atoms. The Morgan fingerprint density at radius 2 is 1.30 bits per heavy atom. The van der Waals surface area contributed by atoms with Gasteiger partial charge in [-0.05, 0) is 17.7 Å². The first-order valence-corrected chi connectivity index (χ1v) is 7.23. The molecule has 2 aromatic carbocycles. The Labute approximate surface area is 121 Å². The molecule has 20 heavy (non-hydrogen) atoms. The maximum Gasteiger partial charge on any atom is 0.0851 e. The van der Waals surface area contributed by atoms with Gasteiger partial charge in [-0.3, -0.25) is 0 Å². The van der Waals surface area contributed by atoms with Gasteiger partial charge in [-0.25, -0.2) is 0 Å². The fourth-order valence-electron chi connectivity index (χ4n) is 2.50. The Morgan fingerprint density at radius 1 is 0.850 bits per heavy atom. The third-order valence-electron chi connectivity index (χ3n) is 3.46. The summed E-state index contributed by atoms with van der Waals surface area (Å²) in [4.78, 5) is 0. The van der Waals surface area contributed by atoms with Crippen molar-refractivity contribution in [2.75, 3.05) is 13.1 Å². The Bertz CT molecular complexity index is 454. The van der Waals surface area contributed by atoms with Crippen molar-refractivity contribution in [1.29, 1.82) is 0 Å². The molecule has 2 N–H and O–H groups in total. The lowest BCUT2D eigenvalue weighted by atomic mass is 9.88. The van der Waals surface area contributed by atoms with Crippen LogP contribution >= 0.6 is 0 Å². The molecule has 0 aliphatic carbocycles. The second kappa shape index (κ2) is 7.22. The molecule has 0 fully saturated rings. The standard InChI is InChI=1S/C18H23NO/c1-2-19-15-18(20,13-16-9-5-3-6-10-16)14-17-11-7-4-8-12-17/h3-12,19-20H,2,13-15H2,1H3. The van der Waals surface area contributed by atoms with Crippen LogP contribution in [0.1, 0.15) is 18.1 Å². The van der Waals surface area contributed by atoms with E-state index in [2.05, 4.69) is 36.5 Å². The molecule has 2 aromatic rings. The molecular weight excluding hydrogens is 246 g/mol. The first kappa shape index (κ1) is 14.8. The number of aliphatic hydroxyl groups is 1. The van der Waals surface area contributed by atoms with Crippen molar-refractivity contribution >= 4 is 0 Å². The number of hydrogen-bond donors (Lipinski definition) is 2. The number of nitrogens with one attached hydrogen (secondary N) is 1. The molecule has 106 valence electrons. The molecule has 0 aliphatic rings. The largest absolute Gasteiger partial charge is 0.388 e. The van der Waals surface area contributed by atoms with Crippen LogP contribution in [0.5, 0.6) is 0 Å². The third kappa shape index (κ3) is 4.48. The average Bonchev–Trinajstić information content (AvgIpc) is 2.47. The summed E-state index contributed by atoms with van der Waals surface area (Å²) in [6.45, 7) is 3.53. The highest BCUT2D eigenvalue weighted by molar-refractivity contribution is 5.21. The van der Waals surface area contributed by atoms with E-state index in [-0.39, 0.29) is 0 Å². The minimum Gasteiger partial charge on any atom is -0.388 e. The van der Waals surface area contributed by atoms with Crippen molar-refractivity contribution in [3.05, 3.63) is 71.8 Å². The molecule has 0 atom stereocenters. The van der Waals surface area contributed by atoms with Gasteiger partial charge in [-0.2, -0.15) is 0 Å². The molecule has 0 saturated heterocycles. The zero-order valence-electron chi connectivity index (χ0n) is 12.0. The summed E-state index contributed by atoms with van der Waals surface area (Å²) in [5.74, 6) is 0. The molecule has 0 unspecified atom stereocenters. The molecule has 0 aliphatic heterocycles. The molecule has 0 amide bonds. The average molecular weight is 269 g/mol. The summed E-state index contributed by atoms with van der Waals surface area (Å²) in [5.41, 5.74) is 1.59. The van der Waals surface area contributed by atoms with Crippen molar-refractivity contribution < 1.29 is 5.11 Å². The summed E-state index contributed by atoms with van der Waals surface area (Å²) in [7, 11) is 0. The van der Waals surface area contributed by atoms with Crippen LogP contribution in [-0.2, 0) is 12.8 Å². The Hall–Kier alpha value is -1.64. The summed E-state index contributed by atoms with van der Waals surface area (Å²) >= 11 is 0. The van der Waals surface area contributed by atoms with E-state index >= 15 is 0 Å². The minimum atomic E-state index is -0.751. The van der Waals surface area contributed by atoms with E-state index in [9.17, 15) is 5.11 Å². The van der Waals surface area contributed by atoms with E-state index < -0.39 is 5.60 Å². The van der Waals surface area contributed by atoms with Crippen molar-refractivity contribution in [3.63, 3.8) is 0 Å². The second-order valence-corrected chi connectivity index (χ2v) is 5.33. The van der Waals surface area contributed by atoms with Gasteiger partial charge in [-0.15, -0.1) is 0 Å². The van der Waals surface area contributed by atoms with E-state index in [0.717, 1.165) is 6.54 Å². The Morgan fingerprint density at radius 3 is 1.70 bits per heavy atom. The van der Waals surface area contributed by atoms with Gasteiger partial charge >= 0.3 is 0 Å². The van der Waals surface area contributed by atoms with Crippen molar-refractivity contribution in [3.8, 4) is 0 Å². The predicted molar refractivity (Wildman–Crippen MR) is 83.8 cm³/mol. The van der Waals surface area contributed by atoms with Gasteiger partial charge in [0.1, 0.15) is 0 Å². The molecule has 0 saturated carbocycles. The van der Waals surface area contributed by atoms with E-state index in [0.29, 0.717) is 19.4 Å². The summed E-state index contributed by atoms with van der Waals surface area (Å²) in [6.07, 6.45) is 1.32. The van der Waals surface area contributed by atoms with E-state index in [1.54, 1.807) is 0 Å². The lowest BCUT2D eigenvalue weighted by molar-refractivity contribution is 0.0414. The molecule has 0 radical (unpaired) electrons. The van der Waals surface area contributed by atoms with E-state index in [4.69, 9.17) is 0 Å². The van der Waals surface area contributed by atoms with Gasteiger partial charge < -0.3 is 10.4 Å². The number of benzene rings is 2. The first-order valence-electron chi connectivity index (χ1n) is 7.23. The topological polar surface area (TPSA) is 32.3 Å². The van der Waals surface area contributed by atoms with Crippen molar-refractivity contribution in [2.45, 2.75) is 25.4 Å². The second-order valence-electron chi connectivity index (χ2n) is 5.33. The molecule has 2 rings (SSSR count). The maximum atomic E-state index is 11.0. The molecule has 0 heterocycles. The fourth-order valence-corrected chi connectivity index (χ4v) is 2.50. The monoisotopic (exact) mass is 269 g/mol. The highest BCUT2D eigenvalue weighted by Crippen LogP contribution is 2.19. The van der Waals surface area contributed by atoms with Crippen LogP contribution < -0.4 is 5.32 Å². The quantitative estimate of drug-likeness (QED) is 0.810. The predicted octanol–water partition coefficient (Wildman–Crippen LogP) is 2.81. The molecule has 2 nitrogen and oxygen atoms in total. The van der Waals surface area contributed by atoms with Gasteiger partial charge in [0.15, 0.2) is 0 Å². The van der Waals surface area contributed by atoms with E-state index in [1.807, 2.05) is 36.4 Å². The SMILES string of the molecule is CCNCC(O)(Cc1ccccc1)Cc1ccccc1. The summed E-state index contributed by atoms with van der Waals surface area (Å²) in [6, 6.07) is 20.4. The first-order chi connectivity index (χ1) is 9.72. The number of rotatable bonds is 7. The highest BCUT2D eigenvalue weighted by atomic mass is 16.3. The maximum absolute atomic E-state index is 11.0. The lowest BCUT2D eigenvalue weighted by Gasteiger charge is -2.29. The Kier molecular flexibility index (Phi) is 5.33. The van der Waals surface area contributed by atoms with Crippen LogP contribution in [0.15, 0.2) is 60.7 Å². The van der Waals surface area contributed by atoms with Crippen molar-refractivity contribution in [2.24, 2.45) is 0 Å². The van der Waals surface area contributed by atoms with Gasteiger partial charge in [0.05, 0.1) is 5.60 Å². The fraction of sp³-hybridized carbons (Fsp3) is 0.333. The number of hydrogen-bond acceptors (Lipinski definition) is 2.